The monoisotopic (exact) mass is 466 g/mol. The number of amides is 1. The Balaban J connectivity index is 1.29. The van der Waals surface area contributed by atoms with E-state index in [1.54, 1.807) is 6.92 Å². The number of benzene rings is 3. The van der Waals surface area contributed by atoms with Crippen molar-refractivity contribution in [2.75, 3.05) is 10.6 Å². The van der Waals surface area contributed by atoms with E-state index in [2.05, 4.69) is 25.7 Å². The van der Waals surface area contributed by atoms with Gasteiger partial charge in [0.2, 0.25) is 11.9 Å². The first-order valence-corrected chi connectivity index (χ1v) is 11.5. The zero-order chi connectivity index (χ0) is 24.4. The van der Waals surface area contributed by atoms with Crippen molar-refractivity contribution < 1.29 is 4.79 Å². The minimum absolute atomic E-state index is 0.157. The van der Waals surface area contributed by atoms with Gasteiger partial charge in [-0.2, -0.15) is 9.50 Å². The molecule has 0 spiro atoms. The van der Waals surface area contributed by atoms with Gasteiger partial charge in [-0.15, -0.1) is 0 Å². The van der Waals surface area contributed by atoms with Crippen LogP contribution in [0, 0.1) is 13.8 Å². The van der Waals surface area contributed by atoms with Gasteiger partial charge in [0.05, 0.1) is 5.69 Å². The average Bonchev–Trinajstić information content (AvgIpc) is 3.27. The predicted octanol–water partition coefficient (Wildman–Crippen LogP) is 4.37. The minimum atomic E-state index is -0.249. The van der Waals surface area contributed by atoms with Gasteiger partial charge in [-0.25, -0.2) is 4.98 Å². The van der Waals surface area contributed by atoms with Crippen molar-refractivity contribution >= 4 is 34.1 Å². The second-order valence-electron chi connectivity index (χ2n) is 8.60. The van der Waals surface area contributed by atoms with Crippen LogP contribution in [-0.4, -0.2) is 25.5 Å². The molecule has 35 heavy (non-hydrogen) atoms. The molecular weight excluding hydrogens is 440 g/mol. The Labute approximate surface area is 202 Å². The van der Waals surface area contributed by atoms with Crippen LogP contribution in [0.2, 0.25) is 0 Å². The highest BCUT2D eigenvalue weighted by Crippen LogP contribution is 2.23. The molecule has 0 atom stereocenters. The zero-order valence-electron chi connectivity index (χ0n) is 19.6. The van der Waals surface area contributed by atoms with Gasteiger partial charge in [-0.1, -0.05) is 66.2 Å². The standard InChI is InChI=1S/C27H26N6O2/c1-17-10-12-19(13-11-17)16-28-26-31-27-29-18(2)21(25(35)33(27)32-26)14-15-24(34)30-23-9-5-7-20-6-3-4-8-22(20)23/h3-13H,14-16H2,1-2H3,(H,30,34)(H2,28,29,31,32). The number of hydrogen-bond donors (Lipinski definition) is 3. The first kappa shape index (κ1) is 22.3. The molecule has 1 amide bonds. The van der Waals surface area contributed by atoms with Gasteiger partial charge < -0.3 is 10.6 Å². The second kappa shape index (κ2) is 9.42. The summed E-state index contributed by atoms with van der Waals surface area (Å²) in [5.74, 6) is 0.596. The van der Waals surface area contributed by atoms with E-state index in [-0.39, 0.29) is 24.3 Å². The third-order valence-corrected chi connectivity index (χ3v) is 6.04. The van der Waals surface area contributed by atoms with E-state index < -0.39 is 0 Å². The predicted molar refractivity (Wildman–Crippen MR) is 138 cm³/mol. The van der Waals surface area contributed by atoms with Gasteiger partial charge in [0, 0.05) is 29.6 Å². The normalized spacial score (nSPS) is 11.1. The smallest absolute Gasteiger partial charge is 0.277 e. The van der Waals surface area contributed by atoms with Gasteiger partial charge in [-0.05, 0) is 37.3 Å². The number of hydrogen-bond acceptors (Lipinski definition) is 5. The van der Waals surface area contributed by atoms with E-state index in [0.29, 0.717) is 29.5 Å². The Kier molecular flexibility index (Phi) is 6.01. The minimum Gasteiger partial charge on any atom is -0.351 e. The highest BCUT2D eigenvalue weighted by molar-refractivity contribution is 6.02. The molecule has 0 aliphatic carbocycles. The Morgan fingerprint density at radius 1 is 0.971 bits per heavy atom. The fourth-order valence-corrected chi connectivity index (χ4v) is 4.10. The van der Waals surface area contributed by atoms with Crippen molar-refractivity contribution in [1.82, 2.24) is 19.6 Å². The molecule has 5 aromatic rings. The number of nitrogens with one attached hydrogen (secondary N) is 3. The molecule has 0 saturated carbocycles. The van der Waals surface area contributed by atoms with Crippen LogP contribution in [0.15, 0.2) is 71.5 Å². The van der Waals surface area contributed by atoms with Crippen LogP contribution in [-0.2, 0) is 17.8 Å². The number of carbonyl (C=O) groups excluding carboxylic acids is 1. The van der Waals surface area contributed by atoms with Crippen LogP contribution < -0.4 is 16.2 Å². The van der Waals surface area contributed by atoms with Crippen molar-refractivity contribution in [2.45, 2.75) is 33.2 Å². The van der Waals surface area contributed by atoms with E-state index in [4.69, 9.17) is 0 Å². The number of carbonyl (C=O) groups is 1. The molecule has 0 aliphatic rings. The van der Waals surface area contributed by atoms with E-state index in [9.17, 15) is 9.59 Å². The third-order valence-electron chi connectivity index (χ3n) is 6.04. The van der Waals surface area contributed by atoms with Crippen molar-refractivity contribution in [1.29, 1.82) is 0 Å². The Bertz CT molecular complexity index is 1580. The van der Waals surface area contributed by atoms with Gasteiger partial charge in [-0.3, -0.25) is 14.7 Å². The van der Waals surface area contributed by atoms with E-state index in [1.807, 2.05) is 73.7 Å². The maximum Gasteiger partial charge on any atom is 0.277 e. The fourth-order valence-electron chi connectivity index (χ4n) is 4.10. The molecule has 8 nitrogen and oxygen atoms in total. The summed E-state index contributed by atoms with van der Waals surface area (Å²) in [6.07, 6.45) is 0.446. The number of aryl methyl sites for hydroxylation is 2. The molecule has 2 heterocycles. The van der Waals surface area contributed by atoms with Crippen molar-refractivity contribution in [2.24, 2.45) is 0 Å². The van der Waals surface area contributed by atoms with Crippen LogP contribution >= 0.6 is 0 Å². The molecule has 0 radical (unpaired) electrons. The fraction of sp³-hybridized carbons (Fsp3) is 0.185. The van der Waals surface area contributed by atoms with Crippen LogP contribution in [0.1, 0.15) is 28.8 Å². The number of fused-ring (bicyclic) bond motifs is 2. The summed E-state index contributed by atoms with van der Waals surface area (Å²) in [6.45, 7) is 4.38. The summed E-state index contributed by atoms with van der Waals surface area (Å²) in [4.78, 5) is 34.7. The number of nitrogens with zero attached hydrogens (tertiary/aromatic N) is 3. The highest BCUT2D eigenvalue weighted by atomic mass is 16.1. The zero-order valence-corrected chi connectivity index (χ0v) is 19.6. The maximum atomic E-state index is 13.1. The Morgan fingerprint density at radius 3 is 2.57 bits per heavy atom. The van der Waals surface area contributed by atoms with Crippen LogP contribution in [0.5, 0.6) is 0 Å². The van der Waals surface area contributed by atoms with Gasteiger partial charge >= 0.3 is 0 Å². The maximum absolute atomic E-state index is 13.1. The topological polar surface area (TPSA) is 104 Å². The van der Waals surface area contributed by atoms with Gasteiger partial charge in [0.15, 0.2) is 0 Å². The molecule has 0 aliphatic heterocycles. The van der Waals surface area contributed by atoms with E-state index >= 15 is 0 Å². The summed E-state index contributed by atoms with van der Waals surface area (Å²) in [7, 11) is 0. The van der Waals surface area contributed by atoms with Gasteiger partial charge in [0.25, 0.3) is 11.3 Å². The summed E-state index contributed by atoms with van der Waals surface area (Å²) < 4.78 is 1.32. The highest BCUT2D eigenvalue weighted by Gasteiger charge is 2.15. The molecule has 0 saturated heterocycles. The molecule has 3 aromatic carbocycles. The summed E-state index contributed by atoms with van der Waals surface area (Å²) >= 11 is 0. The lowest BCUT2D eigenvalue weighted by Gasteiger charge is -2.09. The molecule has 0 fully saturated rings. The molecule has 5 rings (SSSR count). The molecular formula is C27H26N6O2. The van der Waals surface area contributed by atoms with Crippen molar-refractivity contribution in [3.63, 3.8) is 0 Å². The quantitative estimate of drug-likeness (QED) is 0.330. The SMILES string of the molecule is Cc1ccc(CNc2nc3nc(C)c(CCC(=O)Nc4cccc5ccccc45)c(=O)n3[nH]2)cc1. The summed E-state index contributed by atoms with van der Waals surface area (Å²) in [5.41, 5.74) is 3.87. The van der Waals surface area contributed by atoms with Crippen LogP contribution in [0.4, 0.5) is 11.6 Å². The van der Waals surface area contributed by atoms with Gasteiger partial charge in [0.1, 0.15) is 0 Å². The molecule has 0 bridgehead atoms. The lowest BCUT2D eigenvalue weighted by atomic mass is 10.1. The van der Waals surface area contributed by atoms with Crippen LogP contribution in [0.25, 0.3) is 16.6 Å². The molecule has 3 N–H and O–H groups in total. The van der Waals surface area contributed by atoms with E-state index in [0.717, 1.165) is 22.0 Å². The third kappa shape index (κ3) is 4.77. The van der Waals surface area contributed by atoms with Crippen molar-refractivity contribution in [3.8, 4) is 0 Å². The molecule has 8 heteroatoms. The summed E-state index contributed by atoms with van der Waals surface area (Å²) in [6, 6.07) is 21.9. The van der Waals surface area contributed by atoms with E-state index in [1.165, 1.54) is 10.1 Å². The average molecular weight is 467 g/mol. The molecule has 2 aromatic heterocycles. The second-order valence-corrected chi connectivity index (χ2v) is 8.60. The number of aromatic nitrogens is 4. The number of anilines is 2. The number of aromatic amines is 1. The first-order valence-electron chi connectivity index (χ1n) is 11.5. The lowest BCUT2D eigenvalue weighted by Crippen LogP contribution is -2.23. The Hall–Kier alpha value is -4.46. The molecule has 0 unspecified atom stereocenters. The number of H-pyrrole nitrogens is 1. The molecule has 176 valence electrons. The van der Waals surface area contributed by atoms with Crippen molar-refractivity contribution in [3.05, 3.63) is 99.5 Å². The number of rotatable bonds is 7. The Morgan fingerprint density at radius 2 is 1.74 bits per heavy atom. The van der Waals surface area contributed by atoms with Crippen LogP contribution in [0.3, 0.4) is 0 Å². The first-order chi connectivity index (χ1) is 17.0. The summed E-state index contributed by atoms with van der Waals surface area (Å²) in [5, 5.41) is 11.2. The largest absolute Gasteiger partial charge is 0.351 e. The lowest BCUT2D eigenvalue weighted by molar-refractivity contribution is -0.116.